The van der Waals surface area contributed by atoms with Crippen molar-refractivity contribution >= 4 is 23.2 Å². The molecule has 1 aliphatic rings. The molecule has 1 aromatic heterocycles. The van der Waals surface area contributed by atoms with E-state index in [1.54, 1.807) is 5.38 Å². The van der Waals surface area contributed by atoms with Crippen LogP contribution >= 0.6 is 11.3 Å². The zero-order valence-electron chi connectivity index (χ0n) is 14.8. The summed E-state index contributed by atoms with van der Waals surface area (Å²) in [6.07, 6.45) is 11.8. The summed E-state index contributed by atoms with van der Waals surface area (Å²) in [5.74, 6) is 2.08. The summed E-state index contributed by atoms with van der Waals surface area (Å²) in [4.78, 5) is 32.8. The summed E-state index contributed by atoms with van der Waals surface area (Å²) in [6.45, 7) is 1.26. The van der Waals surface area contributed by atoms with Crippen LogP contribution in [0.4, 0.5) is 0 Å². The van der Waals surface area contributed by atoms with Gasteiger partial charge >= 0.3 is 0 Å². The van der Waals surface area contributed by atoms with Crippen LogP contribution in [-0.4, -0.2) is 36.2 Å². The fourth-order valence-corrected chi connectivity index (χ4v) is 3.09. The summed E-state index contributed by atoms with van der Waals surface area (Å²) in [6, 6.07) is 0. The molecule has 0 bridgehead atoms. The van der Waals surface area contributed by atoms with Crippen LogP contribution in [0.15, 0.2) is 5.38 Å². The SMILES string of the molecule is C#Cc1nc(C(=O)NCCCCCCC(=O)NOC2CCCCO2)cs1. The summed E-state index contributed by atoms with van der Waals surface area (Å²) < 4.78 is 5.37. The Kier molecular flexibility index (Phi) is 9.10. The molecule has 2 amide bonds. The van der Waals surface area contributed by atoms with Gasteiger partial charge in [-0.15, -0.1) is 17.8 Å². The molecule has 7 nitrogen and oxygen atoms in total. The van der Waals surface area contributed by atoms with E-state index >= 15 is 0 Å². The van der Waals surface area contributed by atoms with E-state index in [2.05, 4.69) is 21.7 Å². The third-order valence-corrected chi connectivity index (χ3v) is 4.69. The van der Waals surface area contributed by atoms with Crippen LogP contribution in [0.25, 0.3) is 0 Å². The van der Waals surface area contributed by atoms with E-state index in [0.717, 1.165) is 44.9 Å². The zero-order chi connectivity index (χ0) is 18.6. The van der Waals surface area contributed by atoms with E-state index in [4.69, 9.17) is 16.0 Å². The molecule has 0 spiro atoms. The van der Waals surface area contributed by atoms with Gasteiger partial charge in [-0.2, -0.15) is 0 Å². The van der Waals surface area contributed by atoms with Crippen molar-refractivity contribution in [1.82, 2.24) is 15.8 Å². The summed E-state index contributed by atoms with van der Waals surface area (Å²) in [5.41, 5.74) is 2.82. The van der Waals surface area contributed by atoms with Crippen LogP contribution in [0.3, 0.4) is 0 Å². The van der Waals surface area contributed by atoms with Crippen molar-refractivity contribution in [2.24, 2.45) is 0 Å². The quantitative estimate of drug-likeness (QED) is 0.370. The highest BCUT2D eigenvalue weighted by atomic mass is 32.1. The molecule has 26 heavy (non-hydrogen) atoms. The lowest BCUT2D eigenvalue weighted by Gasteiger charge is -2.22. The van der Waals surface area contributed by atoms with E-state index in [-0.39, 0.29) is 18.1 Å². The first kappa shape index (κ1) is 20.4. The molecule has 1 aromatic rings. The Morgan fingerprint density at radius 2 is 2.19 bits per heavy atom. The fourth-order valence-electron chi connectivity index (χ4n) is 2.49. The molecule has 142 valence electrons. The second-order valence-electron chi connectivity index (χ2n) is 6.04. The molecule has 0 radical (unpaired) electrons. The molecular weight excluding hydrogens is 354 g/mol. The Hall–Kier alpha value is -1.95. The number of hydrogen-bond acceptors (Lipinski definition) is 6. The molecule has 0 aromatic carbocycles. The van der Waals surface area contributed by atoms with Crippen LogP contribution in [0.1, 0.15) is 66.9 Å². The highest BCUT2D eigenvalue weighted by Gasteiger charge is 2.15. The number of rotatable bonds is 10. The molecule has 1 atom stereocenters. The van der Waals surface area contributed by atoms with Gasteiger partial charge in [0.2, 0.25) is 5.91 Å². The van der Waals surface area contributed by atoms with Gasteiger partial charge in [0, 0.05) is 31.4 Å². The average Bonchev–Trinajstić information content (AvgIpc) is 3.15. The number of aromatic nitrogens is 1. The number of nitrogens with one attached hydrogen (secondary N) is 2. The number of hydroxylamine groups is 1. The van der Waals surface area contributed by atoms with E-state index in [1.165, 1.54) is 11.3 Å². The van der Waals surface area contributed by atoms with Gasteiger partial charge in [0.1, 0.15) is 5.69 Å². The molecule has 1 aliphatic heterocycles. The topological polar surface area (TPSA) is 89.6 Å². The third kappa shape index (κ3) is 7.52. The smallest absolute Gasteiger partial charge is 0.270 e. The van der Waals surface area contributed by atoms with Crippen molar-refractivity contribution in [2.75, 3.05) is 13.2 Å². The second-order valence-corrected chi connectivity index (χ2v) is 6.90. The van der Waals surface area contributed by atoms with Crippen molar-refractivity contribution in [2.45, 2.75) is 57.7 Å². The normalized spacial score (nSPS) is 16.7. The molecule has 0 aliphatic carbocycles. The summed E-state index contributed by atoms with van der Waals surface area (Å²) in [7, 11) is 0. The molecule has 2 heterocycles. The number of terminal acetylenes is 1. The highest BCUT2D eigenvalue weighted by molar-refractivity contribution is 7.10. The van der Waals surface area contributed by atoms with Gasteiger partial charge in [0.15, 0.2) is 11.3 Å². The lowest BCUT2D eigenvalue weighted by atomic mass is 10.1. The predicted molar refractivity (Wildman–Crippen MR) is 98.3 cm³/mol. The van der Waals surface area contributed by atoms with Crippen LogP contribution in [0.5, 0.6) is 0 Å². The maximum absolute atomic E-state index is 11.8. The van der Waals surface area contributed by atoms with E-state index in [0.29, 0.717) is 30.3 Å². The van der Waals surface area contributed by atoms with Crippen LogP contribution in [0, 0.1) is 12.3 Å². The number of carbonyl (C=O) groups is 2. The molecular formula is C18H25N3O4S. The van der Waals surface area contributed by atoms with Crippen molar-refractivity contribution in [3.63, 3.8) is 0 Å². The largest absolute Gasteiger partial charge is 0.351 e. The Balaban J connectivity index is 1.44. The first-order chi connectivity index (χ1) is 12.7. The van der Waals surface area contributed by atoms with Gasteiger partial charge < -0.3 is 10.1 Å². The number of hydrogen-bond donors (Lipinski definition) is 2. The number of ether oxygens (including phenoxy) is 1. The number of unbranched alkanes of at least 4 members (excludes halogenated alkanes) is 3. The van der Waals surface area contributed by atoms with Crippen molar-refractivity contribution in [3.8, 4) is 12.3 Å². The zero-order valence-corrected chi connectivity index (χ0v) is 15.6. The summed E-state index contributed by atoms with van der Waals surface area (Å²) in [5, 5.41) is 4.98. The highest BCUT2D eigenvalue weighted by Crippen LogP contribution is 2.12. The molecule has 8 heteroatoms. The molecule has 1 unspecified atom stereocenters. The van der Waals surface area contributed by atoms with Gasteiger partial charge in [-0.1, -0.05) is 12.8 Å². The van der Waals surface area contributed by atoms with E-state index in [1.807, 2.05) is 0 Å². The van der Waals surface area contributed by atoms with Crippen molar-refractivity contribution in [1.29, 1.82) is 0 Å². The minimum Gasteiger partial charge on any atom is -0.351 e. The lowest BCUT2D eigenvalue weighted by molar-refractivity contribution is -0.200. The number of thiazole rings is 1. The van der Waals surface area contributed by atoms with Gasteiger partial charge in [0.25, 0.3) is 5.91 Å². The van der Waals surface area contributed by atoms with Crippen molar-refractivity contribution in [3.05, 3.63) is 16.1 Å². The van der Waals surface area contributed by atoms with Gasteiger partial charge in [0.05, 0.1) is 0 Å². The first-order valence-corrected chi connectivity index (χ1v) is 9.83. The minimum atomic E-state index is -0.314. The molecule has 2 rings (SSSR count). The monoisotopic (exact) mass is 379 g/mol. The number of amides is 2. The Labute approximate surface area is 157 Å². The lowest BCUT2D eigenvalue weighted by Crippen LogP contribution is -2.32. The maximum Gasteiger partial charge on any atom is 0.270 e. The molecule has 1 fully saturated rings. The third-order valence-electron chi connectivity index (χ3n) is 3.92. The Morgan fingerprint density at radius 3 is 2.92 bits per heavy atom. The van der Waals surface area contributed by atoms with Crippen LogP contribution < -0.4 is 10.8 Å². The second kappa shape index (κ2) is 11.6. The number of carbonyl (C=O) groups excluding carboxylic acids is 2. The molecule has 2 N–H and O–H groups in total. The van der Waals surface area contributed by atoms with Gasteiger partial charge in [-0.05, 0) is 31.6 Å². The van der Waals surface area contributed by atoms with Crippen molar-refractivity contribution < 1.29 is 19.2 Å². The average molecular weight is 379 g/mol. The molecule has 1 saturated heterocycles. The molecule has 0 saturated carbocycles. The van der Waals surface area contributed by atoms with Crippen LogP contribution in [0.2, 0.25) is 0 Å². The van der Waals surface area contributed by atoms with Gasteiger partial charge in [-0.3, -0.25) is 9.59 Å². The van der Waals surface area contributed by atoms with Gasteiger partial charge in [-0.25, -0.2) is 15.3 Å². The first-order valence-electron chi connectivity index (χ1n) is 8.95. The van der Waals surface area contributed by atoms with Crippen LogP contribution in [-0.2, 0) is 14.4 Å². The minimum absolute atomic E-state index is 0.125. The summed E-state index contributed by atoms with van der Waals surface area (Å²) >= 11 is 1.28. The Morgan fingerprint density at radius 1 is 1.35 bits per heavy atom. The number of nitrogens with zero attached hydrogens (tertiary/aromatic N) is 1. The van der Waals surface area contributed by atoms with E-state index < -0.39 is 0 Å². The fraction of sp³-hybridized carbons (Fsp3) is 0.611. The standard InChI is InChI=1S/C18H25N3O4S/c1-2-16-20-14(13-26-16)18(23)19-11-7-4-3-5-9-15(22)21-25-17-10-6-8-12-24-17/h1,13,17H,3-12H2,(H,19,23)(H,21,22). The maximum atomic E-state index is 11.8. The Bertz CT molecular complexity index is 620. The predicted octanol–water partition coefficient (Wildman–Crippen LogP) is 2.38. The van der Waals surface area contributed by atoms with E-state index in [9.17, 15) is 9.59 Å².